The zero-order valence-electron chi connectivity index (χ0n) is 21.9. The normalized spacial score (nSPS) is 21.4. The molecule has 0 N–H and O–H groups in total. The Morgan fingerprint density at radius 3 is 2.05 bits per heavy atom. The summed E-state index contributed by atoms with van der Waals surface area (Å²) in [6.07, 6.45) is 1.75. The Kier molecular flexibility index (Phi) is 9.51. The number of hydrogen-bond donors (Lipinski definition) is 0. The van der Waals surface area contributed by atoms with Gasteiger partial charge < -0.3 is 4.74 Å². The van der Waals surface area contributed by atoms with Gasteiger partial charge in [-0.1, -0.05) is 43.2 Å². The number of benzene rings is 2. The fourth-order valence-electron chi connectivity index (χ4n) is 5.78. The lowest BCUT2D eigenvalue weighted by Crippen LogP contribution is -2.28. The van der Waals surface area contributed by atoms with Gasteiger partial charge in [0.2, 0.25) is 0 Å². The van der Waals surface area contributed by atoms with Gasteiger partial charge in [0, 0.05) is 18.3 Å². The van der Waals surface area contributed by atoms with Gasteiger partial charge in [0.1, 0.15) is 5.78 Å². The Labute approximate surface area is 228 Å². The zero-order valence-corrected chi connectivity index (χ0v) is 22.7. The van der Waals surface area contributed by atoms with Crippen molar-refractivity contribution >= 4 is 21.6 Å². The molecule has 0 bridgehead atoms. The number of rotatable bonds is 10. The van der Waals surface area contributed by atoms with Crippen molar-refractivity contribution < 1.29 is 35.9 Å². The van der Waals surface area contributed by atoms with Crippen molar-refractivity contribution in [3.63, 3.8) is 0 Å². The fraction of sp³-hybridized carbons (Fsp3) is 0.533. The van der Waals surface area contributed by atoms with Crippen LogP contribution in [0.2, 0.25) is 0 Å². The van der Waals surface area contributed by atoms with E-state index in [1.54, 1.807) is 0 Å². The van der Waals surface area contributed by atoms with Crippen LogP contribution in [-0.2, 0) is 30.3 Å². The van der Waals surface area contributed by atoms with E-state index < -0.39 is 21.6 Å². The largest absolute Gasteiger partial charge is 0.465 e. The maximum Gasteiger partial charge on any atom is 0.416 e. The SMILES string of the molecule is O=C(C[C@H](COC(=O)C1CCCC1)c1ccccc1)C1CCC(CS(=O)(=O)c2ccc(C(F)(F)F)cc2)CC1. The van der Waals surface area contributed by atoms with Gasteiger partial charge in [0.05, 0.1) is 28.7 Å². The van der Waals surface area contributed by atoms with Crippen LogP contribution in [0.1, 0.15) is 74.8 Å². The average Bonchev–Trinajstić information content (AvgIpc) is 3.46. The molecule has 2 fully saturated rings. The fourth-order valence-corrected chi connectivity index (χ4v) is 7.48. The predicted molar refractivity (Wildman–Crippen MR) is 141 cm³/mol. The molecule has 212 valence electrons. The molecule has 1 atom stereocenters. The van der Waals surface area contributed by atoms with Gasteiger partial charge in [-0.05, 0) is 74.3 Å². The van der Waals surface area contributed by atoms with Crippen molar-refractivity contribution in [1.82, 2.24) is 0 Å². The van der Waals surface area contributed by atoms with E-state index in [0.29, 0.717) is 25.7 Å². The van der Waals surface area contributed by atoms with Crippen LogP contribution < -0.4 is 0 Å². The van der Waals surface area contributed by atoms with E-state index in [-0.39, 0.29) is 59.1 Å². The highest BCUT2D eigenvalue weighted by Gasteiger charge is 2.33. The minimum absolute atomic E-state index is 0.0498. The summed E-state index contributed by atoms with van der Waals surface area (Å²) in [6.45, 7) is 0.159. The summed E-state index contributed by atoms with van der Waals surface area (Å²) >= 11 is 0. The van der Waals surface area contributed by atoms with Crippen molar-refractivity contribution in [2.45, 2.75) is 74.8 Å². The topological polar surface area (TPSA) is 77.5 Å². The Hall–Kier alpha value is -2.68. The summed E-state index contributed by atoms with van der Waals surface area (Å²) in [5.41, 5.74) is 0.0592. The van der Waals surface area contributed by atoms with Crippen LogP contribution in [0, 0.1) is 17.8 Å². The summed E-state index contributed by atoms with van der Waals surface area (Å²) in [5, 5.41) is 0. The van der Waals surface area contributed by atoms with Crippen LogP contribution in [-0.4, -0.2) is 32.5 Å². The minimum Gasteiger partial charge on any atom is -0.465 e. The van der Waals surface area contributed by atoms with Crippen LogP contribution in [0.15, 0.2) is 59.5 Å². The van der Waals surface area contributed by atoms with E-state index in [4.69, 9.17) is 4.74 Å². The van der Waals surface area contributed by atoms with E-state index in [9.17, 15) is 31.2 Å². The molecule has 9 heteroatoms. The molecule has 2 saturated carbocycles. The molecule has 0 aromatic heterocycles. The third-order valence-electron chi connectivity index (χ3n) is 8.13. The number of carbonyl (C=O) groups excluding carboxylic acids is 2. The molecule has 4 rings (SSSR count). The number of carbonyl (C=O) groups is 2. The molecule has 5 nitrogen and oxygen atoms in total. The maximum absolute atomic E-state index is 13.3. The summed E-state index contributed by atoms with van der Waals surface area (Å²) in [6, 6.07) is 13.2. The smallest absolute Gasteiger partial charge is 0.416 e. The molecule has 2 aliphatic carbocycles. The molecular weight excluding hydrogens is 529 g/mol. The van der Waals surface area contributed by atoms with Gasteiger partial charge in [-0.25, -0.2) is 8.42 Å². The van der Waals surface area contributed by atoms with Gasteiger partial charge in [0.25, 0.3) is 0 Å². The Bertz CT molecular complexity index is 1210. The Balaban J connectivity index is 1.31. The number of Topliss-reactive ketones (excluding diaryl/α,β-unsaturated/α-hetero) is 1. The van der Waals surface area contributed by atoms with Crippen molar-refractivity contribution in [2.75, 3.05) is 12.4 Å². The first kappa shape index (κ1) is 29.3. The molecule has 2 aliphatic rings. The second-order valence-electron chi connectivity index (χ2n) is 10.9. The molecule has 2 aromatic carbocycles. The average molecular weight is 565 g/mol. The standard InChI is InChI=1S/C30H35F3O5S/c31-30(32,33)26-14-16-27(17-15-26)39(36,37)20-21-10-12-23(13-11-21)28(34)18-25(22-6-2-1-3-7-22)19-38-29(35)24-8-4-5-9-24/h1-3,6-7,14-17,21,23-25H,4-5,8-13,18-20H2/t21?,23?,25-/m1/s1. The van der Waals surface area contributed by atoms with Crippen LogP contribution >= 0.6 is 0 Å². The number of hydrogen-bond acceptors (Lipinski definition) is 5. The first-order valence-corrected chi connectivity index (χ1v) is 15.3. The van der Waals surface area contributed by atoms with Crippen molar-refractivity contribution in [2.24, 2.45) is 17.8 Å². The maximum atomic E-state index is 13.3. The van der Waals surface area contributed by atoms with E-state index in [2.05, 4.69) is 0 Å². The molecular formula is C30H35F3O5S. The zero-order chi connectivity index (χ0) is 28.0. The monoisotopic (exact) mass is 564 g/mol. The molecule has 0 heterocycles. The molecule has 0 aliphatic heterocycles. The quantitative estimate of drug-likeness (QED) is 0.298. The van der Waals surface area contributed by atoms with Crippen LogP contribution in [0.5, 0.6) is 0 Å². The highest BCUT2D eigenvalue weighted by atomic mass is 32.2. The molecule has 0 unspecified atom stereocenters. The predicted octanol–water partition coefficient (Wildman–Crippen LogP) is 6.76. The highest BCUT2D eigenvalue weighted by molar-refractivity contribution is 7.91. The van der Waals surface area contributed by atoms with E-state index in [1.807, 2.05) is 30.3 Å². The Morgan fingerprint density at radius 1 is 0.846 bits per heavy atom. The molecule has 39 heavy (non-hydrogen) atoms. The van der Waals surface area contributed by atoms with Crippen LogP contribution in [0.3, 0.4) is 0 Å². The first-order chi connectivity index (χ1) is 18.5. The lowest BCUT2D eigenvalue weighted by molar-refractivity contribution is -0.149. The van der Waals surface area contributed by atoms with Gasteiger partial charge in [-0.3, -0.25) is 9.59 Å². The third-order valence-corrected chi connectivity index (χ3v) is 10.0. The summed E-state index contributed by atoms with van der Waals surface area (Å²) < 4.78 is 69.7. The first-order valence-electron chi connectivity index (χ1n) is 13.7. The van der Waals surface area contributed by atoms with Gasteiger partial charge in [-0.2, -0.15) is 13.2 Å². The highest BCUT2D eigenvalue weighted by Crippen LogP contribution is 2.35. The Morgan fingerprint density at radius 2 is 1.46 bits per heavy atom. The number of ketones is 1. The van der Waals surface area contributed by atoms with Gasteiger partial charge in [0.15, 0.2) is 9.84 Å². The van der Waals surface area contributed by atoms with E-state index in [0.717, 1.165) is 55.5 Å². The number of sulfone groups is 1. The van der Waals surface area contributed by atoms with Crippen molar-refractivity contribution in [3.05, 3.63) is 65.7 Å². The molecule has 0 radical (unpaired) electrons. The van der Waals surface area contributed by atoms with E-state index in [1.165, 1.54) is 0 Å². The second kappa shape index (κ2) is 12.7. The van der Waals surface area contributed by atoms with Crippen LogP contribution in [0.4, 0.5) is 13.2 Å². The second-order valence-corrected chi connectivity index (χ2v) is 12.9. The number of alkyl halides is 3. The van der Waals surface area contributed by atoms with Crippen molar-refractivity contribution in [1.29, 1.82) is 0 Å². The number of halogens is 3. The minimum atomic E-state index is -4.52. The number of esters is 1. The summed E-state index contributed by atoms with van der Waals surface area (Å²) in [4.78, 5) is 25.6. The van der Waals surface area contributed by atoms with Crippen LogP contribution in [0.25, 0.3) is 0 Å². The molecule has 2 aromatic rings. The lowest BCUT2D eigenvalue weighted by Gasteiger charge is -2.28. The molecule has 0 saturated heterocycles. The van der Waals surface area contributed by atoms with Crippen molar-refractivity contribution in [3.8, 4) is 0 Å². The van der Waals surface area contributed by atoms with Gasteiger partial charge in [-0.15, -0.1) is 0 Å². The van der Waals surface area contributed by atoms with Gasteiger partial charge >= 0.3 is 12.1 Å². The lowest BCUT2D eigenvalue weighted by atomic mass is 9.78. The summed E-state index contributed by atoms with van der Waals surface area (Å²) in [7, 11) is -3.74. The summed E-state index contributed by atoms with van der Waals surface area (Å²) in [5.74, 6) is -0.873. The third kappa shape index (κ3) is 7.93. The van der Waals surface area contributed by atoms with E-state index >= 15 is 0 Å². The number of ether oxygens (including phenoxy) is 1. The molecule has 0 amide bonds. The molecule has 0 spiro atoms.